The first-order valence-corrected chi connectivity index (χ1v) is 31.2. The van der Waals surface area contributed by atoms with Gasteiger partial charge in [-0.3, -0.25) is 14.4 Å². The fourth-order valence-corrected chi connectivity index (χ4v) is 9.56. The van der Waals surface area contributed by atoms with E-state index in [2.05, 4.69) is 32.9 Å². The summed E-state index contributed by atoms with van der Waals surface area (Å²) in [4.78, 5) is 37.7. The van der Waals surface area contributed by atoms with Crippen LogP contribution in [0.5, 0.6) is 0 Å². The van der Waals surface area contributed by atoms with Crippen molar-refractivity contribution in [2.45, 2.75) is 361 Å². The van der Waals surface area contributed by atoms with E-state index in [9.17, 15) is 14.4 Å². The van der Waals surface area contributed by atoms with Crippen LogP contribution in [0.3, 0.4) is 0 Å². The predicted molar refractivity (Wildman–Crippen MR) is 298 cm³/mol. The highest BCUT2D eigenvalue weighted by atomic mass is 16.6. The molecule has 408 valence electrons. The maximum atomic E-state index is 12.7. The van der Waals surface area contributed by atoms with Gasteiger partial charge in [0.2, 0.25) is 0 Å². The van der Waals surface area contributed by atoms with Crippen molar-refractivity contribution in [2.75, 3.05) is 13.2 Å². The third-order valence-corrected chi connectivity index (χ3v) is 14.3. The van der Waals surface area contributed by atoms with Gasteiger partial charge in [0.25, 0.3) is 0 Å². The van der Waals surface area contributed by atoms with E-state index in [1.165, 1.54) is 250 Å². The minimum absolute atomic E-state index is 0.0642. The van der Waals surface area contributed by atoms with E-state index < -0.39 is 6.10 Å². The summed E-state index contributed by atoms with van der Waals surface area (Å²) in [6.07, 6.45) is 68.6. The average Bonchev–Trinajstić information content (AvgIpc) is 3.35. The highest BCUT2D eigenvalue weighted by molar-refractivity contribution is 5.71. The molecule has 0 saturated heterocycles. The largest absolute Gasteiger partial charge is 0.462 e. The molecule has 0 amide bonds. The fraction of sp³-hybridized carbons (Fsp3) is 0.921. The molecule has 0 rings (SSSR count). The predicted octanol–water partition coefficient (Wildman–Crippen LogP) is 20.9. The SMILES string of the molecule is CCCCCCCCCC/C=C\CCCCCCCCCCCCCCCCCCCCCCCC(=O)OCC(COC(=O)CCCCCCC)OC(=O)CCCCCCCCCCCCCCC. The van der Waals surface area contributed by atoms with Gasteiger partial charge in [-0.2, -0.15) is 0 Å². The quantitative estimate of drug-likeness (QED) is 0.0261. The molecule has 0 aromatic heterocycles. The van der Waals surface area contributed by atoms with E-state index in [4.69, 9.17) is 14.2 Å². The molecule has 0 saturated carbocycles. The number of allylic oxidation sites excluding steroid dienone is 2. The summed E-state index contributed by atoms with van der Waals surface area (Å²) < 4.78 is 16.7. The Balaban J connectivity index is 3.83. The fourth-order valence-electron chi connectivity index (χ4n) is 9.56. The zero-order valence-electron chi connectivity index (χ0n) is 46.9. The van der Waals surface area contributed by atoms with Gasteiger partial charge >= 0.3 is 17.9 Å². The van der Waals surface area contributed by atoms with Crippen LogP contribution in [0.15, 0.2) is 12.2 Å². The van der Waals surface area contributed by atoms with E-state index in [1.807, 2.05) is 0 Å². The first-order chi connectivity index (χ1) is 34.0. The summed E-state index contributed by atoms with van der Waals surface area (Å²) in [7, 11) is 0. The number of hydrogen-bond donors (Lipinski definition) is 0. The summed E-state index contributed by atoms with van der Waals surface area (Å²) in [5, 5.41) is 0. The zero-order valence-corrected chi connectivity index (χ0v) is 46.9. The van der Waals surface area contributed by atoms with Crippen molar-refractivity contribution in [3.63, 3.8) is 0 Å². The lowest BCUT2D eigenvalue weighted by Crippen LogP contribution is -2.30. The highest BCUT2D eigenvalue weighted by Gasteiger charge is 2.19. The maximum Gasteiger partial charge on any atom is 0.306 e. The van der Waals surface area contributed by atoms with Gasteiger partial charge in [0.1, 0.15) is 13.2 Å². The van der Waals surface area contributed by atoms with Crippen LogP contribution in [0.1, 0.15) is 355 Å². The molecular weight excluding hydrogens is 853 g/mol. The van der Waals surface area contributed by atoms with Crippen LogP contribution in [-0.2, 0) is 28.6 Å². The normalized spacial score (nSPS) is 12.0. The van der Waals surface area contributed by atoms with Crippen LogP contribution in [0.25, 0.3) is 0 Å². The van der Waals surface area contributed by atoms with Gasteiger partial charge in [-0.05, 0) is 44.9 Å². The lowest BCUT2D eigenvalue weighted by atomic mass is 10.0. The number of unbranched alkanes of at least 4 members (excludes halogenated alkanes) is 45. The van der Waals surface area contributed by atoms with Crippen molar-refractivity contribution >= 4 is 17.9 Å². The van der Waals surface area contributed by atoms with Gasteiger partial charge in [0, 0.05) is 19.3 Å². The molecular formula is C63H120O6. The van der Waals surface area contributed by atoms with Gasteiger partial charge in [-0.1, -0.05) is 303 Å². The molecule has 6 heteroatoms. The lowest BCUT2D eigenvalue weighted by molar-refractivity contribution is -0.167. The molecule has 69 heavy (non-hydrogen) atoms. The zero-order chi connectivity index (χ0) is 50.0. The second-order valence-electron chi connectivity index (χ2n) is 21.3. The molecule has 0 bridgehead atoms. The molecule has 0 fully saturated rings. The molecule has 0 radical (unpaired) electrons. The topological polar surface area (TPSA) is 78.9 Å². The Bertz CT molecular complexity index is 1070. The Kier molecular flexibility index (Phi) is 57.1. The molecule has 0 aromatic carbocycles. The number of rotatable bonds is 58. The lowest BCUT2D eigenvalue weighted by Gasteiger charge is -2.18. The smallest absolute Gasteiger partial charge is 0.306 e. The van der Waals surface area contributed by atoms with Crippen molar-refractivity contribution in [2.24, 2.45) is 0 Å². The van der Waals surface area contributed by atoms with E-state index in [-0.39, 0.29) is 31.1 Å². The number of esters is 3. The van der Waals surface area contributed by atoms with Crippen molar-refractivity contribution in [1.29, 1.82) is 0 Å². The molecule has 6 nitrogen and oxygen atoms in total. The van der Waals surface area contributed by atoms with Crippen LogP contribution < -0.4 is 0 Å². The Labute approximate surface area is 431 Å². The second kappa shape index (κ2) is 58.7. The van der Waals surface area contributed by atoms with Gasteiger partial charge in [-0.25, -0.2) is 0 Å². The summed E-state index contributed by atoms with van der Waals surface area (Å²) in [5.74, 6) is -0.857. The molecule has 1 unspecified atom stereocenters. The van der Waals surface area contributed by atoms with E-state index in [0.29, 0.717) is 19.3 Å². The number of ether oxygens (including phenoxy) is 3. The molecule has 0 N–H and O–H groups in total. The van der Waals surface area contributed by atoms with Gasteiger partial charge in [0.05, 0.1) is 0 Å². The number of carbonyl (C=O) groups is 3. The monoisotopic (exact) mass is 973 g/mol. The Hall–Kier alpha value is -1.85. The van der Waals surface area contributed by atoms with Crippen LogP contribution in [-0.4, -0.2) is 37.2 Å². The Morgan fingerprint density at radius 3 is 0.725 bits per heavy atom. The van der Waals surface area contributed by atoms with Gasteiger partial charge < -0.3 is 14.2 Å². The minimum atomic E-state index is -0.760. The average molecular weight is 974 g/mol. The molecule has 0 spiro atoms. The standard InChI is InChI=1S/C63H120O6/c1-4-7-10-13-15-17-19-21-22-23-24-25-26-27-28-29-30-31-32-33-34-35-36-37-38-39-40-42-43-45-47-50-53-56-62(65)68-59-60(58-67-61(64)55-52-49-12-9-6-3)69-63(66)57-54-51-48-46-44-41-20-18-16-14-11-8-5-2/h23-24,60H,4-22,25-59H2,1-3H3/b24-23-. The molecule has 0 aliphatic heterocycles. The van der Waals surface area contributed by atoms with Crippen LogP contribution in [0.2, 0.25) is 0 Å². The van der Waals surface area contributed by atoms with Crippen LogP contribution in [0, 0.1) is 0 Å². The first-order valence-electron chi connectivity index (χ1n) is 31.2. The first kappa shape index (κ1) is 67.1. The molecule has 0 heterocycles. The van der Waals surface area contributed by atoms with Gasteiger partial charge in [0.15, 0.2) is 6.10 Å². The van der Waals surface area contributed by atoms with E-state index in [0.717, 1.165) is 64.2 Å². The minimum Gasteiger partial charge on any atom is -0.462 e. The molecule has 0 aromatic rings. The summed E-state index contributed by atoms with van der Waals surface area (Å²) >= 11 is 0. The Morgan fingerprint density at radius 2 is 0.478 bits per heavy atom. The third kappa shape index (κ3) is 56.9. The summed E-state index contributed by atoms with van der Waals surface area (Å²) in [6.45, 7) is 6.61. The van der Waals surface area contributed by atoms with Crippen LogP contribution >= 0.6 is 0 Å². The summed E-state index contributed by atoms with van der Waals surface area (Å²) in [5.41, 5.74) is 0. The third-order valence-electron chi connectivity index (χ3n) is 14.3. The highest BCUT2D eigenvalue weighted by Crippen LogP contribution is 2.18. The molecule has 0 aliphatic carbocycles. The molecule has 1 atom stereocenters. The van der Waals surface area contributed by atoms with Gasteiger partial charge in [-0.15, -0.1) is 0 Å². The van der Waals surface area contributed by atoms with E-state index >= 15 is 0 Å². The van der Waals surface area contributed by atoms with Crippen LogP contribution in [0.4, 0.5) is 0 Å². The van der Waals surface area contributed by atoms with Crippen molar-refractivity contribution < 1.29 is 28.6 Å². The second-order valence-corrected chi connectivity index (χ2v) is 21.3. The Morgan fingerprint density at radius 1 is 0.275 bits per heavy atom. The maximum absolute atomic E-state index is 12.7. The van der Waals surface area contributed by atoms with Crippen molar-refractivity contribution in [3.05, 3.63) is 12.2 Å². The molecule has 0 aliphatic rings. The number of hydrogen-bond acceptors (Lipinski definition) is 6. The number of carbonyl (C=O) groups excluding carboxylic acids is 3. The summed E-state index contributed by atoms with van der Waals surface area (Å²) in [6, 6.07) is 0. The van der Waals surface area contributed by atoms with Crippen molar-refractivity contribution in [1.82, 2.24) is 0 Å². The van der Waals surface area contributed by atoms with Crippen molar-refractivity contribution in [3.8, 4) is 0 Å². The van der Waals surface area contributed by atoms with E-state index in [1.54, 1.807) is 0 Å².